The van der Waals surface area contributed by atoms with Gasteiger partial charge in [-0.05, 0) is 20.3 Å². The Morgan fingerprint density at radius 1 is 1.36 bits per heavy atom. The largest absolute Gasteiger partial charge is 0.480 e. The van der Waals surface area contributed by atoms with E-state index in [0.29, 0.717) is 17.9 Å². The van der Waals surface area contributed by atoms with Gasteiger partial charge in [0, 0.05) is 12.2 Å². The molecule has 6 nitrogen and oxygen atoms in total. The molecule has 0 aliphatic rings. The highest BCUT2D eigenvalue weighted by Gasteiger charge is 2.37. The molecule has 1 heterocycles. The molecule has 0 aliphatic heterocycles. The topological polar surface area (TPSA) is 84.2 Å². The van der Waals surface area contributed by atoms with E-state index in [-0.39, 0.29) is 5.56 Å². The molecule has 1 aromatic heterocycles. The zero-order chi connectivity index (χ0) is 17.1. The van der Waals surface area contributed by atoms with Gasteiger partial charge in [0.1, 0.15) is 6.04 Å². The van der Waals surface area contributed by atoms with Crippen molar-refractivity contribution in [1.29, 1.82) is 0 Å². The number of aliphatic carboxylic acids is 1. The van der Waals surface area contributed by atoms with Gasteiger partial charge in [0.25, 0.3) is 5.91 Å². The summed E-state index contributed by atoms with van der Waals surface area (Å²) < 4.78 is 38.6. The maximum Gasteiger partial charge on any atom is 0.391 e. The summed E-state index contributed by atoms with van der Waals surface area (Å²) in [6, 6.07) is -2.03. The minimum absolute atomic E-state index is 0.113. The van der Waals surface area contributed by atoms with E-state index >= 15 is 0 Å². The Morgan fingerprint density at radius 2 is 1.95 bits per heavy atom. The lowest BCUT2D eigenvalue weighted by Gasteiger charge is -2.16. The highest BCUT2D eigenvalue weighted by molar-refractivity contribution is 5.98. The number of carbonyl (C=O) groups excluding carboxylic acids is 1. The third-order valence-electron chi connectivity index (χ3n) is 3.08. The summed E-state index contributed by atoms with van der Waals surface area (Å²) in [5.74, 6) is -2.60. The molecule has 0 radical (unpaired) electrons. The summed E-state index contributed by atoms with van der Waals surface area (Å²) in [4.78, 5) is 23.0. The van der Waals surface area contributed by atoms with Crippen molar-refractivity contribution < 1.29 is 27.9 Å². The van der Waals surface area contributed by atoms with Gasteiger partial charge in [0.05, 0.1) is 17.7 Å². The Kier molecular flexibility index (Phi) is 5.56. The second-order valence-corrected chi connectivity index (χ2v) is 4.95. The molecule has 0 bridgehead atoms. The van der Waals surface area contributed by atoms with E-state index < -0.39 is 30.5 Å². The quantitative estimate of drug-likeness (QED) is 0.840. The average Bonchev–Trinajstić information content (AvgIpc) is 2.62. The monoisotopic (exact) mass is 321 g/mol. The lowest BCUT2D eigenvalue weighted by atomic mass is 10.1. The fourth-order valence-electron chi connectivity index (χ4n) is 2.12. The number of carboxylic acids is 1. The molecule has 0 spiro atoms. The molecule has 0 aromatic carbocycles. The number of carboxylic acid groups (broad SMARTS) is 1. The van der Waals surface area contributed by atoms with E-state index in [2.05, 4.69) is 5.10 Å². The lowest BCUT2D eigenvalue weighted by Crippen LogP contribution is -2.43. The zero-order valence-corrected chi connectivity index (χ0v) is 12.5. The van der Waals surface area contributed by atoms with Crippen LogP contribution in [-0.4, -0.2) is 39.0 Å². The summed E-state index contributed by atoms with van der Waals surface area (Å²) in [6.45, 7) is 5.64. The standard InChI is InChI=1S/C13H18F3N3O3/c1-4-5-19-8(3)10(7(2)18-19)11(20)17-9(12(21)22)6-13(14,15)16/h9H,4-6H2,1-3H3,(H,17,20)(H,21,22). The van der Waals surface area contributed by atoms with E-state index in [4.69, 9.17) is 5.11 Å². The molecule has 1 amide bonds. The van der Waals surface area contributed by atoms with E-state index in [1.807, 2.05) is 12.2 Å². The highest BCUT2D eigenvalue weighted by atomic mass is 19.4. The molecule has 0 fully saturated rings. The minimum Gasteiger partial charge on any atom is -0.480 e. The molecule has 0 saturated carbocycles. The molecule has 1 unspecified atom stereocenters. The van der Waals surface area contributed by atoms with Gasteiger partial charge in [-0.15, -0.1) is 0 Å². The first-order chi connectivity index (χ1) is 10.1. The van der Waals surface area contributed by atoms with Crippen LogP contribution >= 0.6 is 0 Å². The molecule has 0 aliphatic carbocycles. The molecule has 124 valence electrons. The zero-order valence-electron chi connectivity index (χ0n) is 12.5. The number of nitrogens with zero attached hydrogens (tertiary/aromatic N) is 2. The predicted octanol–water partition coefficient (Wildman–Crippen LogP) is 2.05. The normalized spacial score (nSPS) is 13.0. The van der Waals surface area contributed by atoms with Crippen LogP contribution in [0.4, 0.5) is 13.2 Å². The Morgan fingerprint density at radius 3 is 2.41 bits per heavy atom. The number of carbonyl (C=O) groups is 2. The van der Waals surface area contributed by atoms with Crippen LogP contribution in [0.2, 0.25) is 0 Å². The van der Waals surface area contributed by atoms with Gasteiger partial charge in [-0.3, -0.25) is 9.48 Å². The van der Waals surface area contributed by atoms with E-state index in [1.54, 1.807) is 18.5 Å². The first kappa shape index (κ1) is 18.0. The lowest BCUT2D eigenvalue weighted by molar-refractivity contribution is -0.157. The second kappa shape index (κ2) is 6.80. The molecule has 9 heteroatoms. The number of aromatic nitrogens is 2. The van der Waals surface area contributed by atoms with Crippen LogP contribution in [0.15, 0.2) is 0 Å². The average molecular weight is 321 g/mol. The number of hydrogen-bond donors (Lipinski definition) is 2. The minimum atomic E-state index is -4.69. The molecule has 1 atom stereocenters. The van der Waals surface area contributed by atoms with Crippen molar-refractivity contribution in [1.82, 2.24) is 15.1 Å². The second-order valence-electron chi connectivity index (χ2n) is 4.95. The number of hydrogen-bond acceptors (Lipinski definition) is 3. The number of aryl methyl sites for hydroxylation is 2. The molecule has 22 heavy (non-hydrogen) atoms. The van der Waals surface area contributed by atoms with Crippen molar-refractivity contribution in [2.75, 3.05) is 0 Å². The fourth-order valence-corrected chi connectivity index (χ4v) is 2.12. The molecule has 1 aromatic rings. The van der Waals surface area contributed by atoms with Gasteiger partial charge in [-0.2, -0.15) is 18.3 Å². The predicted molar refractivity (Wildman–Crippen MR) is 71.6 cm³/mol. The van der Waals surface area contributed by atoms with Crippen LogP contribution < -0.4 is 5.32 Å². The van der Waals surface area contributed by atoms with Crippen molar-refractivity contribution >= 4 is 11.9 Å². The Labute approximate surface area is 125 Å². The summed E-state index contributed by atoms with van der Waals surface area (Å²) in [6.07, 6.45) is -5.54. The van der Waals surface area contributed by atoms with Crippen LogP contribution in [0.1, 0.15) is 41.5 Å². The van der Waals surface area contributed by atoms with E-state index in [1.165, 1.54) is 0 Å². The maximum absolute atomic E-state index is 12.4. The van der Waals surface area contributed by atoms with Gasteiger partial charge < -0.3 is 10.4 Å². The highest BCUT2D eigenvalue weighted by Crippen LogP contribution is 2.22. The molecular formula is C13H18F3N3O3. The maximum atomic E-state index is 12.4. The van der Waals surface area contributed by atoms with Crippen LogP contribution in [0.5, 0.6) is 0 Å². The van der Waals surface area contributed by atoms with Gasteiger partial charge in [0.2, 0.25) is 0 Å². The van der Waals surface area contributed by atoms with Crippen molar-refractivity contribution in [2.45, 2.75) is 52.4 Å². The summed E-state index contributed by atoms with van der Waals surface area (Å²) >= 11 is 0. The van der Waals surface area contributed by atoms with Gasteiger partial charge in [-0.1, -0.05) is 6.92 Å². The summed E-state index contributed by atoms with van der Waals surface area (Å²) in [5, 5.41) is 14.9. The van der Waals surface area contributed by atoms with Crippen molar-refractivity contribution in [2.24, 2.45) is 0 Å². The van der Waals surface area contributed by atoms with Crippen molar-refractivity contribution in [3.63, 3.8) is 0 Å². The van der Waals surface area contributed by atoms with Crippen LogP contribution in [-0.2, 0) is 11.3 Å². The van der Waals surface area contributed by atoms with E-state index in [0.717, 1.165) is 6.42 Å². The Hall–Kier alpha value is -2.06. The number of halogens is 3. The number of alkyl halides is 3. The van der Waals surface area contributed by atoms with Crippen molar-refractivity contribution in [3.05, 3.63) is 17.0 Å². The molecular weight excluding hydrogens is 303 g/mol. The molecule has 1 rings (SSSR count). The number of nitrogens with one attached hydrogen (secondary N) is 1. The third-order valence-corrected chi connectivity index (χ3v) is 3.08. The first-order valence-corrected chi connectivity index (χ1v) is 6.71. The Balaban J connectivity index is 2.98. The van der Waals surface area contributed by atoms with Gasteiger partial charge in [0.15, 0.2) is 0 Å². The van der Waals surface area contributed by atoms with Crippen LogP contribution in [0.3, 0.4) is 0 Å². The SMILES string of the molecule is CCCn1nc(C)c(C(=O)NC(CC(F)(F)F)C(=O)O)c1C. The van der Waals surface area contributed by atoms with Gasteiger partial charge in [-0.25, -0.2) is 4.79 Å². The number of amides is 1. The Bertz CT molecular complexity index is 567. The molecule has 0 saturated heterocycles. The summed E-state index contributed by atoms with van der Waals surface area (Å²) in [5.41, 5.74) is 0.953. The third kappa shape index (κ3) is 4.47. The van der Waals surface area contributed by atoms with Crippen LogP contribution in [0.25, 0.3) is 0 Å². The first-order valence-electron chi connectivity index (χ1n) is 6.71. The fraction of sp³-hybridized carbons (Fsp3) is 0.615. The van der Waals surface area contributed by atoms with Gasteiger partial charge >= 0.3 is 12.1 Å². The summed E-state index contributed by atoms with van der Waals surface area (Å²) in [7, 11) is 0. The number of rotatable bonds is 6. The molecule has 2 N–H and O–H groups in total. The van der Waals surface area contributed by atoms with Crippen LogP contribution in [0, 0.1) is 13.8 Å². The van der Waals surface area contributed by atoms with Crippen molar-refractivity contribution in [3.8, 4) is 0 Å². The smallest absolute Gasteiger partial charge is 0.391 e. The van der Waals surface area contributed by atoms with E-state index in [9.17, 15) is 22.8 Å².